The highest BCUT2D eigenvalue weighted by atomic mass is 15.0. The molecule has 0 radical (unpaired) electrons. The molecular weight excluding hydrogens is 412 g/mol. The Balaban J connectivity index is 1.37. The van der Waals surface area contributed by atoms with Crippen molar-refractivity contribution >= 4 is 21.8 Å². The summed E-state index contributed by atoms with van der Waals surface area (Å²) >= 11 is 0. The maximum absolute atomic E-state index is 9.46. The van der Waals surface area contributed by atoms with Crippen LogP contribution in [-0.4, -0.2) is 4.57 Å². The van der Waals surface area contributed by atoms with Crippen LogP contribution < -0.4 is 0 Å². The molecule has 0 bridgehead atoms. The minimum atomic E-state index is 0.608. The van der Waals surface area contributed by atoms with Crippen LogP contribution in [0.4, 0.5) is 0 Å². The van der Waals surface area contributed by atoms with Crippen LogP contribution in [-0.2, 0) is 6.42 Å². The minimum Gasteiger partial charge on any atom is -0.309 e. The van der Waals surface area contributed by atoms with Gasteiger partial charge in [0.1, 0.15) is 0 Å². The van der Waals surface area contributed by atoms with Gasteiger partial charge in [-0.1, -0.05) is 37.6 Å². The van der Waals surface area contributed by atoms with Gasteiger partial charge in [-0.05, 0) is 116 Å². The van der Waals surface area contributed by atoms with Crippen molar-refractivity contribution in [1.29, 1.82) is 5.26 Å². The van der Waals surface area contributed by atoms with Gasteiger partial charge in [-0.25, -0.2) is 0 Å². The van der Waals surface area contributed by atoms with E-state index in [4.69, 9.17) is 0 Å². The number of benzene rings is 3. The van der Waals surface area contributed by atoms with Crippen LogP contribution in [0, 0.1) is 28.6 Å². The summed E-state index contributed by atoms with van der Waals surface area (Å²) in [4.78, 5) is 0. The van der Waals surface area contributed by atoms with Gasteiger partial charge in [0.05, 0.1) is 22.7 Å². The zero-order chi connectivity index (χ0) is 22.9. The van der Waals surface area contributed by atoms with E-state index in [0.717, 1.165) is 28.7 Å². The molecule has 2 fully saturated rings. The summed E-state index contributed by atoms with van der Waals surface area (Å²) < 4.78 is 2.41. The largest absolute Gasteiger partial charge is 0.309 e. The third-order valence-corrected chi connectivity index (χ3v) is 9.79. The Bertz CT molecular complexity index is 1470. The number of hydrogen-bond acceptors (Lipinski definition) is 1. The zero-order valence-electron chi connectivity index (χ0n) is 20.1. The summed E-state index contributed by atoms with van der Waals surface area (Å²) in [5, 5.41) is 11.8. The van der Waals surface area contributed by atoms with Crippen molar-refractivity contribution in [1.82, 2.24) is 4.57 Å². The van der Waals surface area contributed by atoms with Crippen molar-refractivity contribution in [3.05, 3.63) is 77.4 Å². The first-order valence-corrected chi connectivity index (χ1v) is 13.2. The van der Waals surface area contributed by atoms with Crippen molar-refractivity contribution in [3.8, 4) is 11.8 Å². The number of aryl methyl sites for hydroxylation is 1. The van der Waals surface area contributed by atoms with Gasteiger partial charge in [0, 0.05) is 16.5 Å². The molecule has 0 amide bonds. The summed E-state index contributed by atoms with van der Waals surface area (Å²) in [6, 6.07) is 24.4. The highest BCUT2D eigenvalue weighted by Gasteiger charge is 2.49. The van der Waals surface area contributed by atoms with Crippen LogP contribution in [0.3, 0.4) is 0 Å². The molecule has 4 atom stereocenters. The fraction of sp³-hybridized carbons (Fsp3) is 0.406. The van der Waals surface area contributed by atoms with E-state index in [0.29, 0.717) is 5.41 Å². The van der Waals surface area contributed by atoms with E-state index < -0.39 is 0 Å². The Labute approximate surface area is 202 Å². The van der Waals surface area contributed by atoms with E-state index in [9.17, 15) is 5.26 Å². The molecule has 170 valence electrons. The number of fused-ring (bicyclic) bond motifs is 8. The molecular formula is C32H32N2. The molecule has 7 rings (SSSR count). The van der Waals surface area contributed by atoms with Gasteiger partial charge in [-0.3, -0.25) is 0 Å². The minimum absolute atomic E-state index is 0.608. The molecule has 2 nitrogen and oxygen atoms in total. The molecule has 1 aromatic heterocycles. The summed E-state index contributed by atoms with van der Waals surface area (Å²) in [6.45, 7) is 2.59. The Morgan fingerprint density at radius 2 is 1.76 bits per heavy atom. The number of nitrogens with zero attached hydrogens (tertiary/aromatic N) is 2. The second-order valence-corrected chi connectivity index (χ2v) is 11.4. The third-order valence-electron chi connectivity index (χ3n) is 9.79. The van der Waals surface area contributed by atoms with Gasteiger partial charge in [-0.2, -0.15) is 5.26 Å². The van der Waals surface area contributed by atoms with Gasteiger partial charge in [-0.15, -0.1) is 0 Å². The van der Waals surface area contributed by atoms with Crippen LogP contribution in [0.5, 0.6) is 0 Å². The lowest BCUT2D eigenvalue weighted by Crippen LogP contribution is -2.37. The second-order valence-electron chi connectivity index (χ2n) is 11.4. The average Bonchev–Trinajstić information content (AvgIpc) is 3.35. The number of aromatic nitrogens is 1. The first-order chi connectivity index (χ1) is 16.7. The highest BCUT2D eigenvalue weighted by molar-refractivity contribution is 6.09. The molecule has 1 heterocycles. The molecule has 0 aliphatic heterocycles. The Morgan fingerprint density at radius 1 is 0.882 bits per heavy atom. The van der Waals surface area contributed by atoms with Crippen molar-refractivity contribution in [2.45, 2.75) is 64.2 Å². The molecule has 0 spiro atoms. The maximum atomic E-state index is 9.46. The van der Waals surface area contributed by atoms with E-state index in [-0.39, 0.29) is 0 Å². The Morgan fingerprint density at radius 3 is 2.68 bits per heavy atom. The van der Waals surface area contributed by atoms with E-state index in [1.54, 1.807) is 11.1 Å². The van der Waals surface area contributed by atoms with Gasteiger partial charge >= 0.3 is 0 Å². The lowest BCUT2D eigenvalue weighted by Gasteiger charge is -2.46. The molecule has 34 heavy (non-hydrogen) atoms. The van der Waals surface area contributed by atoms with Crippen LogP contribution in [0.25, 0.3) is 27.5 Å². The first kappa shape index (κ1) is 20.3. The number of hydrogen-bond donors (Lipinski definition) is 0. The fourth-order valence-electron chi connectivity index (χ4n) is 8.23. The predicted octanol–water partition coefficient (Wildman–Crippen LogP) is 8.29. The molecule has 0 N–H and O–H groups in total. The van der Waals surface area contributed by atoms with Crippen LogP contribution >= 0.6 is 0 Å². The van der Waals surface area contributed by atoms with Gasteiger partial charge in [0.2, 0.25) is 0 Å². The third kappa shape index (κ3) is 2.86. The van der Waals surface area contributed by atoms with Gasteiger partial charge in [0.15, 0.2) is 0 Å². The number of para-hydroxylation sites is 1. The topological polar surface area (TPSA) is 28.7 Å². The van der Waals surface area contributed by atoms with Crippen LogP contribution in [0.1, 0.15) is 74.5 Å². The van der Waals surface area contributed by atoms with Crippen molar-refractivity contribution in [3.63, 3.8) is 0 Å². The second kappa shape index (κ2) is 7.47. The molecule has 3 aromatic carbocycles. The average molecular weight is 445 g/mol. The van der Waals surface area contributed by atoms with Gasteiger partial charge < -0.3 is 4.57 Å². The molecule has 3 aliphatic carbocycles. The Hall–Kier alpha value is -3.05. The first-order valence-electron chi connectivity index (χ1n) is 13.2. The van der Waals surface area contributed by atoms with Crippen molar-refractivity contribution in [2.24, 2.45) is 17.3 Å². The lowest BCUT2D eigenvalue weighted by molar-refractivity contribution is 0.0658. The van der Waals surface area contributed by atoms with E-state index in [2.05, 4.69) is 66.1 Å². The van der Waals surface area contributed by atoms with E-state index in [1.807, 2.05) is 12.1 Å². The SMILES string of the molecule is C[C@@]12CCC[C@H]1[C@H]1CCCc3cc(-n4c5ccccc5c5cc(C#N)ccc54)ccc3[C@H]1CC2. The normalized spacial score (nSPS) is 28.2. The van der Waals surface area contributed by atoms with E-state index >= 15 is 0 Å². The monoisotopic (exact) mass is 444 g/mol. The molecule has 0 unspecified atom stereocenters. The number of rotatable bonds is 1. The molecule has 3 aliphatic rings. The molecule has 2 heteroatoms. The summed E-state index contributed by atoms with van der Waals surface area (Å²) in [7, 11) is 0. The lowest BCUT2D eigenvalue weighted by atomic mass is 9.58. The quantitative estimate of drug-likeness (QED) is 0.290. The van der Waals surface area contributed by atoms with Crippen molar-refractivity contribution < 1.29 is 0 Å². The van der Waals surface area contributed by atoms with Gasteiger partial charge in [0.25, 0.3) is 0 Å². The summed E-state index contributed by atoms with van der Waals surface area (Å²) in [6.07, 6.45) is 11.1. The highest BCUT2D eigenvalue weighted by Crippen LogP contribution is 2.60. The van der Waals surface area contributed by atoms with E-state index in [1.165, 1.54) is 73.5 Å². The Kier molecular flexibility index (Phi) is 4.47. The van der Waals surface area contributed by atoms with Crippen molar-refractivity contribution in [2.75, 3.05) is 0 Å². The molecule has 4 aromatic rings. The summed E-state index contributed by atoms with van der Waals surface area (Å²) in [5.74, 6) is 2.56. The molecule has 2 saturated carbocycles. The summed E-state index contributed by atoms with van der Waals surface area (Å²) in [5.41, 5.74) is 8.22. The number of nitriles is 1. The zero-order valence-corrected chi connectivity index (χ0v) is 20.1. The maximum Gasteiger partial charge on any atom is 0.0991 e. The smallest absolute Gasteiger partial charge is 0.0991 e. The molecule has 0 saturated heterocycles. The fourth-order valence-corrected chi connectivity index (χ4v) is 8.23. The predicted molar refractivity (Wildman–Crippen MR) is 139 cm³/mol. The van der Waals surface area contributed by atoms with Crippen LogP contribution in [0.2, 0.25) is 0 Å². The standard InChI is InChI=1S/C32H32N2/c1-32-16-5-9-29(32)26-8-4-6-22-19-23(12-13-24(22)25(26)15-17-32)34-30-10-3-2-7-27(30)28-18-21(20-33)11-14-31(28)34/h2-3,7,10-14,18-19,25-26,29H,4-6,8-9,15-17H2,1H3/t25-,26+,29+,32+/m1/s1. The van der Waals surface area contributed by atoms with Crippen LogP contribution in [0.15, 0.2) is 60.7 Å².